The lowest BCUT2D eigenvalue weighted by Gasteiger charge is -2.12. The summed E-state index contributed by atoms with van der Waals surface area (Å²) in [5, 5.41) is 0. The van der Waals surface area contributed by atoms with Gasteiger partial charge in [0.15, 0.2) is 0 Å². The number of ether oxygens (including phenoxy) is 1. The molecule has 0 aliphatic carbocycles. The predicted octanol–water partition coefficient (Wildman–Crippen LogP) is 1.22. The highest BCUT2D eigenvalue weighted by Gasteiger charge is 2.31. The maximum Gasteiger partial charge on any atom is 0.144 e. The molecule has 0 amide bonds. The zero-order valence-electron chi connectivity index (χ0n) is 9.78. The molecule has 1 fully saturated rings. The van der Waals surface area contributed by atoms with E-state index in [1.54, 1.807) is 13.0 Å². The number of benzene rings is 1. The fourth-order valence-electron chi connectivity index (χ4n) is 2.08. The van der Waals surface area contributed by atoms with Crippen LogP contribution in [-0.2, 0) is 16.0 Å². The van der Waals surface area contributed by atoms with E-state index in [9.17, 15) is 9.18 Å². The SMILES string of the molecule is Cc1cc(F)ccc1CC(=O)C1COCC1N. The van der Waals surface area contributed by atoms with Crippen LogP contribution in [0.5, 0.6) is 0 Å². The molecule has 1 aliphatic heterocycles. The van der Waals surface area contributed by atoms with Gasteiger partial charge in [-0.15, -0.1) is 0 Å². The molecule has 0 aromatic heterocycles. The summed E-state index contributed by atoms with van der Waals surface area (Å²) in [6.07, 6.45) is 0.299. The number of halogens is 1. The Labute approximate surface area is 99.8 Å². The Hall–Kier alpha value is -1.26. The standard InChI is InChI=1S/C13H16FNO2/c1-8-4-10(14)3-2-9(8)5-13(16)11-6-17-7-12(11)15/h2-4,11-12H,5-7,15H2,1H3. The van der Waals surface area contributed by atoms with Crippen molar-refractivity contribution in [1.82, 2.24) is 0 Å². The number of carbonyl (C=O) groups is 1. The molecule has 1 aromatic rings. The molecule has 1 aliphatic rings. The van der Waals surface area contributed by atoms with Crippen LogP contribution in [0.25, 0.3) is 0 Å². The summed E-state index contributed by atoms with van der Waals surface area (Å²) in [4.78, 5) is 12.0. The summed E-state index contributed by atoms with van der Waals surface area (Å²) >= 11 is 0. The number of aryl methyl sites for hydroxylation is 1. The van der Waals surface area contributed by atoms with E-state index in [1.807, 2.05) is 0 Å². The van der Waals surface area contributed by atoms with Gasteiger partial charge in [0.25, 0.3) is 0 Å². The van der Waals surface area contributed by atoms with Gasteiger partial charge in [-0.1, -0.05) is 6.07 Å². The van der Waals surface area contributed by atoms with Gasteiger partial charge >= 0.3 is 0 Å². The van der Waals surface area contributed by atoms with Crippen LogP contribution < -0.4 is 5.73 Å². The first kappa shape index (κ1) is 12.2. The minimum absolute atomic E-state index is 0.0738. The average Bonchev–Trinajstić information content (AvgIpc) is 2.68. The maximum absolute atomic E-state index is 12.9. The summed E-state index contributed by atoms with van der Waals surface area (Å²) in [7, 11) is 0. The van der Waals surface area contributed by atoms with Crippen molar-refractivity contribution < 1.29 is 13.9 Å². The molecule has 0 saturated carbocycles. The van der Waals surface area contributed by atoms with Crippen molar-refractivity contribution in [3.05, 3.63) is 35.1 Å². The number of hydrogen-bond acceptors (Lipinski definition) is 3. The fraction of sp³-hybridized carbons (Fsp3) is 0.462. The number of hydrogen-bond donors (Lipinski definition) is 1. The molecule has 1 saturated heterocycles. The number of Topliss-reactive ketones (excluding diaryl/α,β-unsaturated/α-hetero) is 1. The third-order valence-corrected chi connectivity index (χ3v) is 3.21. The molecule has 2 rings (SSSR count). The Balaban J connectivity index is 2.07. The Morgan fingerprint density at radius 3 is 2.88 bits per heavy atom. The number of rotatable bonds is 3. The van der Waals surface area contributed by atoms with Crippen molar-refractivity contribution in [1.29, 1.82) is 0 Å². The van der Waals surface area contributed by atoms with Crippen molar-refractivity contribution >= 4 is 5.78 Å². The monoisotopic (exact) mass is 237 g/mol. The van der Waals surface area contributed by atoms with Crippen molar-refractivity contribution in [3.8, 4) is 0 Å². The van der Waals surface area contributed by atoms with E-state index < -0.39 is 0 Å². The van der Waals surface area contributed by atoms with Crippen molar-refractivity contribution in [2.75, 3.05) is 13.2 Å². The molecule has 1 aromatic carbocycles. The Bertz CT molecular complexity index is 433. The van der Waals surface area contributed by atoms with Crippen LogP contribution >= 0.6 is 0 Å². The van der Waals surface area contributed by atoms with Gasteiger partial charge in [-0.2, -0.15) is 0 Å². The number of nitrogens with two attached hydrogens (primary N) is 1. The van der Waals surface area contributed by atoms with Gasteiger partial charge in [0.2, 0.25) is 0 Å². The molecule has 92 valence electrons. The van der Waals surface area contributed by atoms with Gasteiger partial charge in [0.05, 0.1) is 19.1 Å². The molecular weight excluding hydrogens is 221 g/mol. The lowest BCUT2D eigenvalue weighted by atomic mass is 9.93. The molecule has 0 bridgehead atoms. The van der Waals surface area contributed by atoms with E-state index in [1.165, 1.54) is 12.1 Å². The minimum atomic E-state index is -0.278. The predicted molar refractivity (Wildman–Crippen MR) is 62.1 cm³/mol. The lowest BCUT2D eigenvalue weighted by Crippen LogP contribution is -2.34. The summed E-state index contributed by atoms with van der Waals surface area (Å²) < 4.78 is 18.1. The van der Waals surface area contributed by atoms with Crippen LogP contribution in [0.1, 0.15) is 11.1 Å². The molecular formula is C13H16FNO2. The van der Waals surface area contributed by atoms with Gasteiger partial charge in [-0.05, 0) is 30.2 Å². The van der Waals surface area contributed by atoms with E-state index >= 15 is 0 Å². The molecule has 0 radical (unpaired) electrons. The first-order valence-electron chi connectivity index (χ1n) is 5.69. The van der Waals surface area contributed by atoms with Crippen LogP contribution in [0.3, 0.4) is 0 Å². The van der Waals surface area contributed by atoms with Crippen molar-refractivity contribution in [3.63, 3.8) is 0 Å². The molecule has 2 N–H and O–H groups in total. The van der Waals surface area contributed by atoms with E-state index in [2.05, 4.69) is 0 Å². The first-order valence-corrected chi connectivity index (χ1v) is 5.69. The molecule has 0 spiro atoms. The van der Waals surface area contributed by atoms with Gasteiger partial charge < -0.3 is 10.5 Å². The zero-order chi connectivity index (χ0) is 12.4. The third kappa shape index (κ3) is 2.70. The zero-order valence-corrected chi connectivity index (χ0v) is 9.78. The molecule has 2 unspecified atom stereocenters. The fourth-order valence-corrected chi connectivity index (χ4v) is 2.08. The van der Waals surface area contributed by atoms with Gasteiger partial charge in [0.1, 0.15) is 11.6 Å². The summed E-state index contributed by atoms with van der Waals surface area (Å²) in [6, 6.07) is 4.27. The Kier molecular flexibility index (Phi) is 3.54. The van der Waals surface area contributed by atoms with Gasteiger partial charge in [0, 0.05) is 12.5 Å². The van der Waals surface area contributed by atoms with E-state index in [0.29, 0.717) is 19.6 Å². The minimum Gasteiger partial charge on any atom is -0.379 e. The van der Waals surface area contributed by atoms with E-state index in [4.69, 9.17) is 10.5 Å². The normalized spacial score (nSPS) is 23.9. The highest BCUT2D eigenvalue weighted by molar-refractivity contribution is 5.84. The highest BCUT2D eigenvalue weighted by atomic mass is 19.1. The summed E-state index contributed by atoms with van der Waals surface area (Å²) in [5.41, 5.74) is 7.44. The smallest absolute Gasteiger partial charge is 0.144 e. The second kappa shape index (κ2) is 4.94. The molecule has 1 heterocycles. The van der Waals surface area contributed by atoms with Crippen LogP contribution in [0.15, 0.2) is 18.2 Å². The van der Waals surface area contributed by atoms with E-state index in [0.717, 1.165) is 11.1 Å². The molecule has 3 nitrogen and oxygen atoms in total. The first-order chi connectivity index (χ1) is 8.08. The number of carbonyl (C=O) groups excluding carboxylic acids is 1. The van der Waals surface area contributed by atoms with Crippen LogP contribution in [0.4, 0.5) is 4.39 Å². The second-order valence-electron chi connectivity index (χ2n) is 4.52. The van der Waals surface area contributed by atoms with Gasteiger partial charge in [-0.25, -0.2) is 4.39 Å². The topological polar surface area (TPSA) is 52.3 Å². The largest absolute Gasteiger partial charge is 0.379 e. The van der Waals surface area contributed by atoms with Crippen molar-refractivity contribution in [2.24, 2.45) is 11.7 Å². The summed E-state index contributed by atoms with van der Waals surface area (Å²) in [5.74, 6) is -0.427. The quantitative estimate of drug-likeness (QED) is 0.860. The molecule has 4 heteroatoms. The van der Waals surface area contributed by atoms with Crippen molar-refractivity contribution in [2.45, 2.75) is 19.4 Å². The van der Waals surface area contributed by atoms with Crippen LogP contribution in [0.2, 0.25) is 0 Å². The maximum atomic E-state index is 12.9. The van der Waals surface area contributed by atoms with E-state index in [-0.39, 0.29) is 23.6 Å². The molecule has 17 heavy (non-hydrogen) atoms. The third-order valence-electron chi connectivity index (χ3n) is 3.21. The molecule has 2 atom stereocenters. The van der Waals surface area contributed by atoms with Crippen LogP contribution in [-0.4, -0.2) is 25.0 Å². The second-order valence-corrected chi connectivity index (χ2v) is 4.52. The van der Waals surface area contributed by atoms with Crippen LogP contribution in [0, 0.1) is 18.7 Å². The Morgan fingerprint density at radius 1 is 1.53 bits per heavy atom. The Morgan fingerprint density at radius 2 is 2.29 bits per heavy atom. The number of ketones is 1. The summed E-state index contributed by atoms with van der Waals surface area (Å²) in [6.45, 7) is 2.65. The van der Waals surface area contributed by atoms with Gasteiger partial charge in [-0.3, -0.25) is 4.79 Å². The highest BCUT2D eigenvalue weighted by Crippen LogP contribution is 2.17. The average molecular weight is 237 g/mol. The lowest BCUT2D eigenvalue weighted by molar-refractivity contribution is -0.122.